The molecule has 0 spiro atoms. The monoisotopic (exact) mass is 336 g/mol. The van der Waals surface area contributed by atoms with Crippen LogP contribution in [0, 0.1) is 25.2 Å². The third-order valence-electron chi connectivity index (χ3n) is 3.50. The lowest BCUT2D eigenvalue weighted by Crippen LogP contribution is -2.00. The number of aryl methyl sites for hydroxylation is 2. The van der Waals surface area contributed by atoms with Gasteiger partial charge in [0.05, 0.1) is 16.9 Å². The molecule has 3 rings (SSSR count). The highest BCUT2D eigenvalue weighted by Crippen LogP contribution is 2.24. The van der Waals surface area contributed by atoms with Crippen LogP contribution in [0.1, 0.15) is 17.0 Å². The van der Waals surface area contributed by atoms with Gasteiger partial charge in [0.2, 0.25) is 0 Å². The highest BCUT2D eigenvalue weighted by Gasteiger charge is 2.07. The molecule has 0 bridgehead atoms. The van der Waals surface area contributed by atoms with Crippen molar-refractivity contribution >= 4 is 23.9 Å². The zero-order chi connectivity index (χ0) is 16.2. The molecule has 0 aliphatic carbocycles. The first kappa shape index (κ1) is 17.5. The molecule has 1 heterocycles. The number of hydrogen-bond acceptors (Lipinski definition) is 4. The highest BCUT2D eigenvalue weighted by atomic mass is 35.5. The van der Waals surface area contributed by atoms with Crippen LogP contribution in [0.15, 0.2) is 54.6 Å². The number of nitrogens with one attached hydrogen (secondary N) is 1. The lowest BCUT2D eigenvalue weighted by atomic mass is 10.1. The van der Waals surface area contributed by atoms with Crippen LogP contribution >= 0.6 is 12.4 Å². The molecule has 2 aromatic carbocycles. The Morgan fingerprint density at radius 3 is 2.38 bits per heavy atom. The quantitative estimate of drug-likeness (QED) is 0.746. The van der Waals surface area contributed by atoms with Gasteiger partial charge in [-0.1, -0.05) is 42.0 Å². The molecule has 0 saturated heterocycles. The van der Waals surface area contributed by atoms with Crippen LogP contribution < -0.4 is 5.32 Å². The molecule has 0 unspecified atom stereocenters. The SMILES string of the molecule is Cc1ccc(-c2cc(Nc3ccccc3C#N)nc(C)n2)cc1.Cl. The first-order valence-corrected chi connectivity index (χ1v) is 7.34. The van der Waals surface area contributed by atoms with E-state index in [1.54, 1.807) is 6.07 Å². The van der Waals surface area contributed by atoms with Gasteiger partial charge in [-0.2, -0.15) is 5.26 Å². The van der Waals surface area contributed by atoms with Crippen molar-refractivity contribution in [3.05, 3.63) is 71.5 Å². The van der Waals surface area contributed by atoms with Crippen molar-refractivity contribution in [1.29, 1.82) is 5.26 Å². The van der Waals surface area contributed by atoms with Gasteiger partial charge in [-0.15, -0.1) is 12.4 Å². The normalized spacial score (nSPS) is 9.71. The summed E-state index contributed by atoms with van der Waals surface area (Å²) in [6, 6.07) is 19.6. The average molecular weight is 337 g/mol. The molecule has 24 heavy (non-hydrogen) atoms. The Labute approximate surface area is 147 Å². The number of benzene rings is 2. The summed E-state index contributed by atoms with van der Waals surface area (Å²) in [4.78, 5) is 8.92. The summed E-state index contributed by atoms with van der Waals surface area (Å²) in [6.07, 6.45) is 0. The van der Waals surface area contributed by atoms with Gasteiger partial charge in [0.1, 0.15) is 17.7 Å². The van der Waals surface area contributed by atoms with Gasteiger partial charge in [0.25, 0.3) is 0 Å². The molecular weight excluding hydrogens is 320 g/mol. The second kappa shape index (κ2) is 7.58. The summed E-state index contributed by atoms with van der Waals surface area (Å²) in [6.45, 7) is 3.92. The maximum absolute atomic E-state index is 9.19. The maximum Gasteiger partial charge on any atom is 0.134 e. The van der Waals surface area contributed by atoms with E-state index >= 15 is 0 Å². The largest absolute Gasteiger partial charge is 0.339 e. The molecule has 5 heteroatoms. The van der Waals surface area contributed by atoms with E-state index in [0.29, 0.717) is 17.2 Å². The van der Waals surface area contributed by atoms with Crippen LogP contribution in [-0.4, -0.2) is 9.97 Å². The first-order chi connectivity index (χ1) is 11.2. The fraction of sp³-hybridized carbons (Fsp3) is 0.105. The van der Waals surface area contributed by atoms with Gasteiger partial charge in [0, 0.05) is 11.6 Å². The Balaban J connectivity index is 0.00000208. The first-order valence-electron chi connectivity index (χ1n) is 7.34. The van der Waals surface area contributed by atoms with E-state index in [2.05, 4.69) is 40.4 Å². The van der Waals surface area contributed by atoms with E-state index in [1.807, 2.05) is 43.3 Å². The van der Waals surface area contributed by atoms with E-state index in [0.717, 1.165) is 16.9 Å². The molecule has 120 valence electrons. The van der Waals surface area contributed by atoms with Crippen molar-refractivity contribution in [3.8, 4) is 17.3 Å². The Morgan fingerprint density at radius 2 is 1.67 bits per heavy atom. The van der Waals surface area contributed by atoms with Crippen molar-refractivity contribution in [2.45, 2.75) is 13.8 Å². The fourth-order valence-corrected chi connectivity index (χ4v) is 2.33. The highest BCUT2D eigenvalue weighted by molar-refractivity contribution is 5.85. The summed E-state index contributed by atoms with van der Waals surface area (Å²) < 4.78 is 0. The summed E-state index contributed by atoms with van der Waals surface area (Å²) in [7, 11) is 0. The van der Waals surface area contributed by atoms with E-state index in [4.69, 9.17) is 0 Å². The maximum atomic E-state index is 9.19. The Bertz CT molecular complexity index is 883. The molecule has 0 saturated carbocycles. The molecule has 3 aromatic rings. The second-order valence-electron chi connectivity index (χ2n) is 5.33. The number of para-hydroxylation sites is 1. The van der Waals surface area contributed by atoms with Gasteiger partial charge in [0.15, 0.2) is 0 Å². The van der Waals surface area contributed by atoms with Gasteiger partial charge in [-0.05, 0) is 26.0 Å². The van der Waals surface area contributed by atoms with Gasteiger partial charge in [-0.25, -0.2) is 9.97 Å². The summed E-state index contributed by atoms with van der Waals surface area (Å²) in [5.74, 6) is 1.36. The Morgan fingerprint density at radius 1 is 0.958 bits per heavy atom. The lowest BCUT2D eigenvalue weighted by molar-refractivity contribution is 1.06. The van der Waals surface area contributed by atoms with Crippen LogP contribution in [-0.2, 0) is 0 Å². The van der Waals surface area contributed by atoms with Crippen LogP contribution in [0.4, 0.5) is 11.5 Å². The standard InChI is InChI=1S/C19H16N4.ClH/c1-13-7-9-15(10-8-13)18-11-19(22-14(2)21-18)23-17-6-4-3-5-16(17)12-20;/h3-11H,1-2H3,(H,21,22,23);1H. The van der Waals surface area contributed by atoms with E-state index in [1.165, 1.54) is 5.56 Å². The number of aromatic nitrogens is 2. The summed E-state index contributed by atoms with van der Waals surface area (Å²) >= 11 is 0. The third kappa shape index (κ3) is 3.89. The third-order valence-corrected chi connectivity index (χ3v) is 3.50. The average Bonchev–Trinajstić information content (AvgIpc) is 2.55. The number of rotatable bonds is 3. The summed E-state index contributed by atoms with van der Waals surface area (Å²) in [5.41, 5.74) is 4.43. The van der Waals surface area contributed by atoms with Crippen molar-refractivity contribution in [1.82, 2.24) is 9.97 Å². The minimum Gasteiger partial charge on any atom is -0.339 e. The van der Waals surface area contributed by atoms with Crippen molar-refractivity contribution in [2.75, 3.05) is 5.32 Å². The smallest absolute Gasteiger partial charge is 0.134 e. The minimum atomic E-state index is 0. The molecule has 0 fully saturated rings. The molecule has 0 aliphatic rings. The zero-order valence-corrected chi connectivity index (χ0v) is 14.3. The second-order valence-corrected chi connectivity index (χ2v) is 5.33. The zero-order valence-electron chi connectivity index (χ0n) is 13.4. The number of nitrogens with zero attached hydrogens (tertiary/aromatic N) is 3. The predicted molar refractivity (Wildman–Crippen MR) is 98.6 cm³/mol. The summed E-state index contributed by atoms with van der Waals surface area (Å²) in [5, 5.41) is 12.4. The van der Waals surface area contributed by atoms with Crippen LogP contribution in [0.3, 0.4) is 0 Å². The number of anilines is 2. The molecule has 1 aromatic heterocycles. The number of halogens is 1. The van der Waals surface area contributed by atoms with Crippen LogP contribution in [0.2, 0.25) is 0 Å². The van der Waals surface area contributed by atoms with E-state index < -0.39 is 0 Å². The van der Waals surface area contributed by atoms with Crippen molar-refractivity contribution in [3.63, 3.8) is 0 Å². The molecule has 0 radical (unpaired) electrons. The number of nitriles is 1. The van der Waals surface area contributed by atoms with Crippen molar-refractivity contribution < 1.29 is 0 Å². The van der Waals surface area contributed by atoms with Gasteiger partial charge >= 0.3 is 0 Å². The van der Waals surface area contributed by atoms with Gasteiger partial charge in [-0.3, -0.25) is 0 Å². The van der Waals surface area contributed by atoms with E-state index in [9.17, 15) is 5.26 Å². The van der Waals surface area contributed by atoms with Gasteiger partial charge < -0.3 is 5.32 Å². The molecule has 0 aliphatic heterocycles. The molecule has 1 N–H and O–H groups in total. The molecule has 4 nitrogen and oxygen atoms in total. The van der Waals surface area contributed by atoms with Crippen LogP contribution in [0.25, 0.3) is 11.3 Å². The van der Waals surface area contributed by atoms with E-state index in [-0.39, 0.29) is 12.4 Å². The molecular formula is C19H17ClN4. The molecule has 0 atom stereocenters. The topological polar surface area (TPSA) is 61.6 Å². The lowest BCUT2D eigenvalue weighted by Gasteiger charge is -2.10. The molecule has 0 amide bonds. The number of hydrogen-bond donors (Lipinski definition) is 1. The van der Waals surface area contributed by atoms with Crippen LogP contribution in [0.5, 0.6) is 0 Å². The Kier molecular flexibility index (Phi) is 5.51. The van der Waals surface area contributed by atoms with Crippen molar-refractivity contribution in [2.24, 2.45) is 0 Å². The minimum absolute atomic E-state index is 0. The Hall–Kier alpha value is -2.90. The fourth-order valence-electron chi connectivity index (χ4n) is 2.33. The predicted octanol–water partition coefficient (Wildman–Crippen LogP) is 4.80.